The molecule has 0 aromatic rings. The number of nitrogens with zero attached hydrogens (tertiary/aromatic N) is 1. The number of nitrogens with two attached hydrogens (primary N) is 1. The molecule has 3 nitrogen and oxygen atoms in total. The first kappa shape index (κ1) is 11.4. The van der Waals surface area contributed by atoms with Crippen molar-refractivity contribution in [1.29, 1.82) is 0 Å². The third-order valence-corrected chi connectivity index (χ3v) is 1.85. The number of hydrogen-bond acceptors (Lipinski definition) is 2. The van der Waals surface area contributed by atoms with Crippen LogP contribution in [0.2, 0.25) is 0 Å². The third-order valence-electron chi connectivity index (χ3n) is 1.85. The van der Waals surface area contributed by atoms with Crippen LogP contribution in [0.15, 0.2) is 0 Å². The summed E-state index contributed by atoms with van der Waals surface area (Å²) in [6.07, 6.45) is 2.74. The predicted molar refractivity (Wildman–Crippen MR) is 50.8 cm³/mol. The first-order valence-corrected chi connectivity index (χ1v) is 4.64. The molecule has 0 aliphatic heterocycles. The van der Waals surface area contributed by atoms with Crippen molar-refractivity contribution in [2.24, 2.45) is 5.73 Å². The van der Waals surface area contributed by atoms with Crippen molar-refractivity contribution in [1.82, 2.24) is 4.90 Å². The lowest BCUT2D eigenvalue weighted by atomic mass is 10.1. The zero-order valence-corrected chi connectivity index (χ0v) is 8.34. The topological polar surface area (TPSA) is 46.3 Å². The first-order chi connectivity index (χ1) is 5.63. The average molecular weight is 172 g/mol. The Labute approximate surface area is 74.9 Å². The number of rotatable bonds is 5. The lowest BCUT2D eigenvalue weighted by Gasteiger charge is -2.20. The standard InChI is InChI=1S/C9H20N2O/c1-4-6-8(10)9(12)11(3)7-5-2/h8H,4-7,10H2,1-3H3/t8-/m1/s1. The maximum absolute atomic E-state index is 11.4. The molecular formula is C9H20N2O. The van der Waals surface area contributed by atoms with Gasteiger partial charge in [-0.05, 0) is 12.8 Å². The molecule has 0 heterocycles. The molecule has 0 aliphatic rings. The van der Waals surface area contributed by atoms with Crippen LogP contribution in [0.3, 0.4) is 0 Å². The van der Waals surface area contributed by atoms with E-state index < -0.39 is 0 Å². The molecule has 0 bridgehead atoms. The van der Waals surface area contributed by atoms with Gasteiger partial charge in [0.05, 0.1) is 6.04 Å². The van der Waals surface area contributed by atoms with Crippen LogP contribution in [0.25, 0.3) is 0 Å². The molecule has 12 heavy (non-hydrogen) atoms. The van der Waals surface area contributed by atoms with Crippen LogP contribution in [-0.4, -0.2) is 30.4 Å². The van der Waals surface area contributed by atoms with Crippen LogP contribution < -0.4 is 5.73 Å². The number of amides is 1. The summed E-state index contributed by atoms with van der Waals surface area (Å²) in [4.78, 5) is 13.1. The van der Waals surface area contributed by atoms with Crippen molar-refractivity contribution < 1.29 is 4.79 Å². The number of carbonyl (C=O) groups is 1. The minimum absolute atomic E-state index is 0.0682. The molecule has 0 rings (SSSR count). The maximum Gasteiger partial charge on any atom is 0.239 e. The van der Waals surface area contributed by atoms with E-state index in [9.17, 15) is 4.79 Å². The lowest BCUT2D eigenvalue weighted by molar-refractivity contribution is -0.131. The van der Waals surface area contributed by atoms with Gasteiger partial charge >= 0.3 is 0 Å². The van der Waals surface area contributed by atoms with Crippen molar-refractivity contribution in [3.8, 4) is 0 Å². The Morgan fingerprint density at radius 2 is 2.00 bits per heavy atom. The van der Waals surface area contributed by atoms with Gasteiger partial charge in [0, 0.05) is 13.6 Å². The molecule has 0 radical (unpaired) electrons. The molecule has 0 aromatic carbocycles. The fourth-order valence-electron chi connectivity index (χ4n) is 1.16. The molecule has 0 saturated heterocycles. The van der Waals surface area contributed by atoms with E-state index in [1.54, 1.807) is 11.9 Å². The van der Waals surface area contributed by atoms with Crippen molar-refractivity contribution in [3.05, 3.63) is 0 Å². The minimum Gasteiger partial charge on any atom is -0.344 e. The normalized spacial score (nSPS) is 12.7. The van der Waals surface area contributed by atoms with Gasteiger partial charge in [-0.2, -0.15) is 0 Å². The number of hydrogen-bond donors (Lipinski definition) is 1. The van der Waals surface area contributed by atoms with E-state index in [4.69, 9.17) is 5.73 Å². The molecule has 0 spiro atoms. The second-order valence-electron chi connectivity index (χ2n) is 3.15. The quantitative estimate of drug-likeness (QED) is 0.672. The second-order valence-corrected chi connectivity index (χ2v) is 3.15. The van der Waals surface area contributed by atoms with Crippen LogP contribution in [0, 0.1) is 0 Å². The Balaban J connectivity index is 3.82. The lowest BCUT2D eigenvalue weighted by Crippen LogP contribution is -2.41. The van der Waals surface area contributed by atoms with Crippen molar-refractivity contribution in [3.63, 3.8) is 0 Å². The minimum atomic E-state index is -0.299. The molecule has 0 fully saturated rings. The average Bonchev–Trinajstić information content (AvgIpc) is 2.04. The number of likely N-dealkylation sites (N-methyl/N-ethyl adjacent to an activating group) is 1. The van der Waals surface area contributed by atoms with Gasteiger partial charge in [0.2, 0.25) is 5.91 Å². The monoisotopic (exact) mass is 172 g/mol. The van der Waals surface area contributed by atoms with Crippen LogP contribution in [0.4, 0.5) is 0 Å². The Morgan fingerprint density at radius 1 is 1.42 bits per heavy atom. The van der Waals surface area contributed by atoms with Crippen LogP contribution in [0.5, 0.6) is 0 Å². The van der Waals surface area contributed by atoms with E-state index in [2.05, 4.69) is 6.92 Å². The van der Waals surface area contributed by atoms with Crippen LogP contribution in [0.1, 0.15) is 33.1 Å². The zero-order chi connectivity index (χ0) is 9.56. The second kappa shape index (κ2) is 6.00. The smallest absolute Gasteiger partial charge is 0.239 e. The molecule has 0 aliphatic carbocycles. The molecule has 3 heteroatoms. The highest BCUT2D eigenvalue weighted by Gasteiger charge is 2.15. The Kier molecular flexibility index (Phi) is 5.72. The van der Waals surface area contributed by atoms with Gasteiger partial charge < -0.3 is 10.6 Å². The first-order valence-electron chi connectivity index (χ1n) is 4.64. The molecule has 0 unspecified atom stereocenters. The SMILES string of the molecule is CCC[C@@H](N)C(=O)N(C)CCC. The van der Waals surface area contributed by atoms with Gasteiger partial charge in [-0.3, -0.25) is 4.79 Å². The fourth-order valence-corrected chi connectivity index (χ4v) is 1.16. The highest BCUT2D eigenvalue weighted by molar-refractivity contribution is 5.81. The van der Waals surface area contributed by atoms with Crippen molar-refractivity contribution in [2.45, 2.75) is 39.2 Å². The highest BCUT2D eigenvalue weighted by atomic mass is 16.2. The highest BCUT2D eigenvalue weighted by Crippen LogP contribution is 1.98. The van der Waals surface area contributed by atoms with Gasteiger partial charge in [0.1, 0.15) is 0 Å². The van der Waals surface area contributed by atoms with Gasteiger partial charge in [-0.25, -0.2) is 0 Å². The summed E-state index contributed by atoms with van der Waals surface area (Å²) >= 11 is 0. The summed E-state index contributed by atoms with van der Waals surface area (Å²) in [7, 11) is 1.81. The number of carbonyl (C=O) groups excluding carboxylic acids is 1. The summed E-state index contributed by atoms with van der Waals surface area (Å²) in [5.41, 5.74) is 5.67. The molecule has 0 saturated carbocycles. The summed E-state index contributed by atoms with van der Waals surface area (Å²) in [5.74, 6) is 0.0682. The molecule has 2 N–H and O–H groups in total. The Bertz CT molecular complexity index is 122. The fraction of sp³-hybridized carbons (Fsp3) is 0.889. The van der Waals surface area contributed by atoms with E-state index >= 15 is 0 Å². The van der Waals surface area contributed by atoms with E-state index in [0.29, 0.717) is 0 Å². The zero-order valence-electron chi connectivity index (χ0n) is 8.34. The molecule has 72 valence electrons. The Hall–Kier alpha value is -0.570. The summed E-state index contributed by atoms with van der Waals surface area (Å²) < 4.78 is 0. The van der Waals surface area contributed by atoms with Gasteiger partial charge in [0.15, 0.2) is 0 Å². The van der Waals surface area contributed by atoms with E-state index in [-0.39, 0.29) is 11.9 Å². The Morgan fingerprint density at radius 3 is 2.42 bits per heavy atom. The summed E-state index contributed by atoms with van der Waals surface area (Å²) in [6.45, 7) is 4.89. The molecule has 1 amide bonds. The van der Waals surface area contributed by atoms with Gasteiger partial charge in [0.25, 0.3) is 0 Å². The van der Waals surface area contributed by atoms with Crippen molar-refractivity contribution in [2.75, 3.05) is 13.6 Å². The summed E-state index contributed by atoms with van der Waals surface area (Å²) in [5, 5.41) is 0. The van der Waals surface area contributed by atoms with Crippen molar-refractivity contribution >= 4 is 5.91 Å². The van der Waals surface area contributed by atoms with E-state index in [0.717, 1.165) is 25.8 Å². The molecule has 1 atom stereocenters. The van der Waals surface area contributed by atoms with Gasteiger partial charge in [-0.15, -0.1) is 0 Å². The third kappa shape index (κ3) is 3.72. The molecular weight excluding hydrogens is 152 g/mol. The van der Waals surface area contributed by atoms with E-state index in [1.807, 2.05) is 6.92 Å². The van der Waals surface area contributed by atoms with Gasteiger partial charge in [-0.1, -0.05) is 20.3 Å². The largest absolute Gasteiger partial charge is 0.344 e. The summed E-state index contributed by atoms with van der Waals surface area (Å²) in [6, 6.07) is -0.299. The predicted octanol–water partition coefficient (Wildman–Crippen LogP) is 0.982. The van der Waals surface area contributed by atoms with Crippen LogP contribution in [-0.2, 0) is 4.79 Å². The molecule has 0 aromatic heterocycles. The van der Waals surface area contributed by atoms with Crippen LogP contribution >= 0.6 is 0 Å². The maximum atomic E-state index is 11.4. The van der Waals surface area contributed by atoms with E-state index in [1.165, 1.54) is 0 Å².